The number of aryl methyl sites for hydroxylation is 1. The van der Waals surface area contributed by atoms with E-state index in [1.54, 1.807) is 27.0 Å². The van der Waals surface area contributed by atoms with Crippen molar-refractivity contribution in [3.8, 4) is 5.75 Å². The van der Waals surface area contributed by atoms with Crippen LogP contribution in [-0.2, 0) is 0 Å². The smallest absolute Gasteiger partial charge is 0.167 e. The summed E-state index contributed by atoms with van der Waals surface area (Å²) >= 11 is 0. The first kappa shape index (κ1) is 11.9. The first-order valence-corrected chi connectivity index (χ1v) is 4.80. The minimum absolute atomic E-state index is 0.336. The number of phenols is 1. The van der Waals surface area contributed by atoms with E-state index in [1.807, 2.05) is 0 Å². The Morgan fingerprint density at radius 2 is 2.07 bits per heavy atom. The van der Waals surface area contributed by atoms with E-state index in [2.05, 4.69) is 5.32 Å². The molecule has 1 atom stereocenters. The van der Waals surface area contributed by atoms with Crippen LogP contribution in [0, 0.1) is 19.7 Å². The third-order valence-electron chi connectivity index (χ3n) is 2.47. The normalized spacial score (nSPS) is 12.9. The van der Waals surface area contributed by atoms with Gasteiger partial charge in [0.15, 0.2) is 11.6 Å². The number of phenolic OH excluding ortho intramolecular Hbond substituents is 1. The van der Waals surface area contributed by atoms with Gasteiger partial charge in [0.25, 0.3) is 0 Å². The van der Waals surface area contributed by atoms with E-state index < -0.39 is 11.9 Å². The summed E-state index contributed by atoms with van der Waals surface area (Å²) in [6.07, 6.45) is -0.736. The summed E-state index contributed by atoms with van der Waals surface area (Å²) in [7, 11) is 1.72. The highest BCUT2D eigenvalue weighted by molar-refractivity contribution is 5.44. The Labute approximate surface area is 88.6 Å². The van der Waals surface area contributed by atoms with Crippen LogP contribution in [-0.4, -0.2) is 23.8 Å². The van der Waals surface area contributed by atoms with Crippen LogP contribution in [0.5, 0.6) is 5.75 Å². The second-order valence-corrected chi connectivity index (χ2v) is 3.64. The summed E-state index contributed by atoms with van der Waals surface area (Å²) < 4.78 is 13.3. The zero-order valence-electron chi connectivity index (χ0n) is 9.13. The molecule has 0 fully saturated rings. The molecule has 0 heterocycles. The minimum Gasteiger partial charge on any atom is -0.505 e. The van der Waals surface area contributed by atoms with E-state index in [-0.39, 0.29) is 5.75 Å². The number of aliphatic hydroxyl groups is 1. The Balaban J connectivity index is 3.19. The molecule has 0 saturated carbocycles. The summed E-state index contributed by atoms with van der Waals surface area (Å²) in [5, 5.41) is 22.0. The summed E-state index contributed by atoms with van der Waals surface area (Å²) in [5.74, 6) is -0.993. The Hall–Kier alpha value is -1.13. The lowest BCUT2D eigenvalue weighted by molar-refractivity contribution is 0.176. The largest absolute Gasteiger partial charge is 0.505 e. The van der Waals surface area contributed by atoms with Gasteiger partial charge in [-0.3, -0.25) is 0 Å². The predicted molar refractivity (Wildman–Crippen MR) is 56.4 cm³/mol. The third-order valence-corrected chi connectivity index (χ3v) is 2.47. The minimum atomic E-state index is -0.736. The molecule has 84 valence electrons. The Morgan fingerprint density at radius 3 is 2.60 bits per heavy atom. The van der Waals surface area contributed by atoms with Gasteiger partial charge in [-0.2, -0.15) is 0 Å². The quantitative estimate of drug-likeness (QED) is 0.711. The number of aromatic hydroxyl groups is 1. The van der Waals surface area contributed by atoms with E-state index in [1.165, 1.54) is 0 Å². The fourth-order valence-corrected chi connectivity index (χ4v) is 1.54. The Morgan fingerprint density at radius 1 is 1.47 bits per heavy atom. The van der Waals surface area contributed by atoms with Gasteiger partial charge in [-0.25, -0.2) is 4.39 Å². The fraction of sp³-hybridized carbons (Fsp3) is 0.455. The zero-order chi connectivity index (χ0) is 11.6. The molecule has 0 aliphatic rings. The van der Waals surface area contributed by atoms with Crippen molar-refractivity contribution in [2.24, 2.45) is 0 Å². The van der Waals surface area contributed by atoms with Crippen LogP contribution in [0.4, 0.5) is 4.39 Å². The van der Waals surface area contributed by atoms with Crippen molar-refractivity contribution in [3.05, 3.63) is 28.6 Å². The molecule has 1 aromatic carbocycles. The average Bonchev–Trinajstić information content (AvgIpc) is 2.20. The molecule has 1 rings (SSSR count). The van der Waals surface area contributed by atoms with Crippen molar-refractivity contribution in [3.63, 3.8) is 0 Å². The number of halogens is 1. The Bertz CT molecular complexity index is 366. The van der Waals surface area contributed by atoms with Crippen LogP contribution in [0.15, 0.2) is 6.07 Å². The number of benzene rings is 1. The van der Waals surface area contributed by atoms with Gasteiger partial charge in [0.1, 0.15) is 0 Å². The van der Waals surface area contributed by atoms with Crippen LogP contribution in [0.25, 0.3) is 0 Å². The van der Waals surface area contributed by atoms with Crippen LogP contribution < -0.4 is 5.32 Å². The fourth-order valence-electron chi connectivity index (χ4n) is 1.54. The molecule has 1 unspecified atom stereocenters. The predicted octanol–water partition coefficient (Wildman–Crippen LogP) is 1.40. The van der Waals surface area contributed by atoms with E-state index in [0.717, 1.165) is 0 Å². The standard InChI is InChI=1S/C11H16FNO2/c1-6-4-8(9(14)5-13-3)7(2)11(15)10(6)12/h4,9,13-15H,5H2,1-3H3. The highest BCUT2D eigenvalue weighted by Gasteiger charge is 2.17. The molecule has 0 aliphatic carbocycles. The molecule has 4 heteroatoms. The molecule has 0 bridgehead atoms. The first-order chi connectivity index (χ1) is 6.99. The van der Waals surface area contributed by atoms with Crippen molar-refractivity contribution in [1.29, 1.82) is 0 Å². The summed E-state index contributed by atoms with van der Waals surface area (Å²) in [5.41, 5.74) is 1.28. The van der Waals surface area contributed by atoms with Crippen molar-refractivity contribution < 1.29 is 14.6 Å². The number of aliphatic hydroxyl groups excluding tert-OH is 1. The molecule has 0 aromatic heterocycles. The molecule has 3 N–H and O–H groups in total. The van der Waals surface area contributed by atoms with Gasteiger partial charge in [-0.15, -0.1) is 0 Å². The molecule has 1 aromatic rings. The van der Waals surface area contributed by atoms with Gasteiger partial charge in [-0.1, -0.05) is 0 Å². The number of likely N-dealkylation sites (N-methyl/N-ethyl adjacent to an activating group) is 1. The van der Waals surface area contributed by atoms with E-state index in [4.69, 9.17) is 0 Å². The zero-order valence-corrected chi connectivity index (χ0v) is 9.13. The van der Waals surface area contributed by atoms with Gasteiger partial charge in [-0.05, 0) is 43.7 Å². The van der Waals surface area contributed by atoms with E-state index in [0.29, 0.717) is 23.2 Å². The van der Waals surface area contributed by atoms with Crippen LogP contribution in [0.1, 0.15) is 22.8 Å². The molecular formula is C11H16FNO2. The molecule has 0 spiro atoms. The molecule has 0 saturated heterocycles. The van der Waals surface area contributed by atoms with Crippen molar-refractivity contribution in [2.75, 3.05) is 13.6 Å². The Kier molecular flexibility index (Phi) is 3.66. The first-order valence-electron chi connectivity index (χ1n) is 4.80. The van der Waals surface area contributed by atoms with E-state index >= 15 is 0 Å². The second-order valence-electron chi connectivity index (χ2n) is 3.64. The maximum atomic E-state index is 13.3. The van der Waals surface area contributed by atoms with Gasteiger partial charge in [0.2, 0.25) is 0 Å². The van der Waals surface area contributed by atoms with Gasteiger partial charge >= 0.3 is 0 Å². The van der Waals surface area contributed by atoms with Crippen LogP contribution >= 0.6 is 0 Å². The number of rotatable bonds is 3. The lowest BCUT2D eigenvalue weighted by atomic mass is 9.99. The van der Waals surface area contributed by atoms with E-state index in [9.17, 15) is 14.6 Å². The van der Waals surface area contributed by atoms with Gasteiger partial charge < -0.3 is 15.5 Å². The maximum absolute atomic E-state index is 13.3. The summed E-state index contributed by atoms with van der Waals surface area (Å²) in [6, 6.07) is 1.56. The molecule has 0 radical (unpaired) electrons. The molecule has 0 aliphatic heterocycles. The number of nitrogens with one attached hydrogen (secondary N) is 1. The molecule has 3 nitrogen and oxygen atoms in total. The topological polar surface area (TPSA) is 52.5 Å². The van der Waals surface area contributed by atoms with Crippen molar-refractivity contribution in [2.45, 2.75) is 20.0 Å². The highest BCUT2D eigenvalue weighted by Crippen LogP contribution is 2.30. The highest BCUT2D eigenvalue weighted by atomic mass is 19.1. The molecule has 0 amide bonds. The third kappa shape index (κ3) is 2.27. The average molecular weight is 213 g/mol. The van der Waals surface area contributed by atoms with Crippen molar-refractivity contribution in [1.82, 2.24) is 5.32 Å². The van der Waals surface area contributed by atoms with Crippen molar-refractivity contribution >= 4 is 0 Å². The summed E-state index contributed by atoms with van der Waals surface area (Å²) in [4.78, 5) is 0. The molecule has 15 heavy (non-hydrogen) atoms. The summed E-state index contributed by atoms with van der Waals surface area (Å²) in [6.45, 7) is 3.52. The van der Waals surface area contributed by atoms with Crippen LogP contribution in [0.3, 0.4) is 0 Å². The van der Waals surface area contributed by atoms with Crippen LogP contribution in [0.2, 0.25) is 0 Å². The van der Waals surface area contributed by atoms with Gasteiger partial charge in [0.05, 0.1) is 6.10 Å². The van der Waals surface area contributed by atoms with Gasteiger partial charge in [0, 0.05) is 6.54 Å². The molecular weight excluding hydrogens is 197 g/mol. The monoisotopic (exact) mass is 213 g/mol. The second kappa shape index (κ2) is 4.59. The lowest BCUT2D eigenvalue weighted by Gasteiger charge is -2.16. The maximum Gasteiger partial charge on any atom is 0.167 e. The number of hydrogen-bond donors (Lipinski definition) is 3. The lowest BCUT2D eigenvalue weighted by Crippen LogP contribution is -2.17. The number of hydrogen-bond acceptors (Lipinski definition) is 3. The SMILES string of the molecule is CNCC(O)c1cc(C)c(F)c(O)c1C.